The fourth-order valence-electron chi connectivity index (χ4n) is 3.33. The quantitative estimate of drug-likeness (QED) is 0.929. The molecular formula is C18H20N2O3S. The van der Waals surface area contributed by atoms with Crippen molar-refractivity contribution in [3.63, 3.8) is 0 Å². The van der Waals surface area contributed by atoms with Crippen LogP contribution in [-0.4, -0.2) is 53.1 Å². The van der Waals surface area contributed by atoms with Crippen LogP contribution < -0.4 is 0 Å². The SMILES string of the molecule is CN(C(=O)c1cccs1)C1CCN(C(=O)O)CC1c1ccccc1. The normalized spacial score (nSPS) is 20.6. The molecule has 1 aliphatic heterocycles. The van der Waals surface area contributed by atoms with Gasteiger partial charge in [-0.05, 0) is 23.4 Å². The van der Waals surface area contributed by atoms with Gasteiger partial charge in [0.25, 0.3) is 5.91 Å². The molecule has 1 aromatic heterocycles. The number of rotatable bonds is 3. The standard InChI is InChI=1S/C18H20N2O3S/c1-19(17(21)16-8-5-11-24-16)15-9-10-20(18(22)23)12-14(15)13-6-3-2-4-7-13/h2-8,11,14-15H,9-10,12H2,1H3,(H,22,23). The molecule has 2 heterocycles. The first-order valence-corrected chi connectivity index (χ1v) is 8.79. The average molecular weight is 344 g/mol. The minimum atomic E-state index is -0.901. The summed E-state index contributed by atoms with van der Waals surface area (Å²) >= 11 is 1.43. The van der Waals surface area contributed by atoms with E-state index in [1.54, 1.807) is 4.90 Å². The van der Waals surface area contributed by atoms with Crippen molar-refractivity contribution in [2.24, 2.45) is 0 Å². The van der Waals surface area contributed by atoms with E-state index in [-0.39, 0.29) is 17.9 Å². The Bertz CT molecular complexity index is 702. The number of likely N-dealkylation sites (tertiary alicyclic amines) is 1. The summed E-state index contributed by atoms with van der Waals surface area (Å²) < 4.78 is 0. The van der Waals surface area contributed by atoms with Crippen LogP contribution in [0.3, 0.4) is 0 Å². The van der Waals surface area contributed by atoms with Crippen molar-refractivity contribution in [1.82, 2.24) is 9.80 Å². The van der Waals surface area contributed by atoms with Gasteiger partial charge in [-0.1, -0.05) is 36.4 Å². The van der Waals surface area contributed by atoms with Crippen LogP contribution in [0, 0.1) is 0 Å². The second kappa shape index (κ2) is 7.05. The van der Waals surface area contributed by atoms with E-state index in [1.807, 2.05) is 54.9 Å². The van der Waals surface area contributed by atoms with Gasteiger partial charge in [0, 0.05) is 32.1 Å². The Kier molecular flexibility index (Phi) is 4.85. The van der Waals surface area contributed by atoms with E-state index < -0.39 is 6.09 Å². The Morgan fingerprint density at radius 2 is 1.96 bits per heavy atom. The van der Waals surface area contributed by atoms with Crippen LogP contribution in [0.2, 0.25) is 0 Å². The Morgan fingerprint density at radius 1 is 1.21 bits per heavy atom. The van der Waals surface area contributed by atoms with Gasteiger partial charge in [0.15, 0.2) is 0 Å². The highest BCUT2D eigenvalue weighted by Gasteiger charge is 2.36. The molecule has 0 aliphatic carbocycles. The lowest BCUT2D eigenvalue weighted by atomic mass is 9.85. The van der Waals surface area contributed by atoms with E-state index in [2.05, 4.69) is 0 Å². The van der Waals surface area contributed by atoms with Crippen LogP contribution in [0.25, 0.3) is 0 Å². The molecule has 0 bridgehead atoms. The van der Waals surface area contributed by atoms with Crippen LogP contribution >= 0.6 is 11.3 Å². The number of piperidine rings is 1. The number of carboxylic acid groups (broad SMARTS) is 1. The molecule has 1 aromatic carbocycles. The predicted octanol–water partition coefficient (Wildman–Crippen LogP) is 3.36. The summed E-state index contributed by atoms with van der Waals surface area (Å²) in [6.07, 6.45) is -0.263. The van der Waals surface area contributed by atoms with Gasteiger partial charge in [-0.25, -0.2) is 4.79 Å². The number of amides is 2. The Labute approximate surface area is 145 Å². The lowest BCUT2D eigenvalue weighted by Crippen LogP contribution is -2.51. The molecule has 126 valence electrons. The molecule has 5 nitrogen and oxygen atoms in total. The Hall–Kier alpha value is -2.34. The lowest BCUT2D eigenvalue weighted by molar-refractivity contribution is 0.0595. The molecule has 6 heteroatoms. The van der Waals surface area contributed by atoms with Crippen molar-refractivity contribution in [3.05, 3.63) is 58.3 Å². The van der Waals surface area contributed by atoms with Gasteiger partial charge in [-0.2, -0.15) is 0 Å². The molecule has 1 saturated heterocycles. The number of nitrogens with zero attached hydrogens (tertiary/aromatic N) is 2. The molecule has 2 atom stereocenters. The molecule has 2 aromatic rings. The summed E-state index contributed by atoms with van der Waals surface area (Å²) in [5, 5.41) is 11.2. The van der Waals surface area contributed by atoms with E-state index in [9.17, 15) is 14.7 Å². The zero-order valence-corrected chi connectivity index (χ0v) is 14.3. The fourth-order valence-corrected chi connectivity index (χ4v) is 4.04. The summed E-state index contributed by atoms with van der Waals surface area (Å²) in [4.78, 5) is 28.0. The molecule has 1 fully saturated rings. The number of carbonyl (C=O) groups is 2. The van der Waals surface area contributed by atoms with Gasteiger partial charge >= 0.3 is 6.09 Å². The summed E-state index contributed by atoms with van der Waals surface area (Å²) in [7, 11) is 1.82. The molecular weight excluding hydrogens is 324 g/mol. The molecule has 0 radical (unpaired) electrons. The molecule has 1 N–H and O–H groups in total. The zero-order valence-electron chi connectivity index (χ0n) is 13.5. The highest BCUT2D eigenvalue weighted by molar-refractivity contribution is 7.12. The smallest absolute Gasteiger partial charge is 0.407 e. The second-order valence-electron chi connectivity index (χ2n) is 6.00. The van der Waals surface area contributed by atoms with Crippen molar-refractivity contribution < 1.29 is 14.7 Å². The van der Waals surface area contributed by atoms with Crippen LogP contribution in [-0.2, 0) is 0 Å². The molecule has 2 amide bonds. The number of likely N-dealkylation sites (N-methyl/N-ethyl adjacent to an activating group) is 1. The van der Waals surface area contributed by atoms with Gasteiger partial charge < -0.3 is 14.9 Å². The van der Waals surface area contributed by atoms with E-state index in [4.69, 9.17) is 0 Å². The lowest BCUT2D eigenvalue weighted by Gasteiger charge is -2.41. The molecule has 24 heavy (non-hydrogen) atoms. The van der Waals surface area contributed by atoms with Crippen molar-refractivity contribution in [1.29, 1.82) is 0 Å². The van der Waals surface area contributed by atoms with E-state index in [0.29, 0.717) is 24.4 Å². The molecule has 0 saturated carbocycles. The number of carbonyl (C=O) groups excluding carboxylic acids is 1. The monoisotopic (exact) mass is 344 g/mol. The fraction of sp³-hybridized carbons (Fsp3) is 0.333. The van der Waals surface area contributed by atoms with Gasteiger partial charge in [0.2, 0.25) is 0 Å². The highest BCUT2D eigenvalue weighted by atomic mass is 32.1. The van der Waals surface area contributed by atoms with Crippen molar-refractivity contribution >= 4 is 23.3 Å². The first-order chi connectivity index (χ1) is 11.6. The minimum Gasteiger partial charge on any atom is -0.465 e. The van der Waals surface area contributed by atoms with Crippen molar-refractivity contribution in [2.75, 3.05) is 20.1 Å². The summed E-state index contributed by atoms with van der Waals surface area (Å²) in [6.45, 7) is 0.859. The maximum atomic E-state index is 12.7. The molecule has 1 aliphatic rings. The number of thiophene rings is 1. The first-order valence-electron chi connectivity index (χ1n) is 7.91. The third-order valence-corrected chi connectivity index (χ3v) is 5.48. The number of benzene rings is 1. The van der Waals surface area contributed by atoms with Gasteiger partial charge in [0.05, 0.1) is 4.88 Å². The third kappa shape index (κ3) is 3.28. The topological polar surface area (TPSA) is 60.9 Å². The second-order valence-corrected chi connectivity index (χ2v) is 6.94. The predicted molar refractivity (Wildman–Crippen MR) is 93.6 cm³/mol. The Balaban J connectivity index is 1.87. The van der Waals surface area contributed by atoms with Gasteiger partial charge in [0.1, 0.15) is 0 Å². The number of hydrogen-bond acceptors (Lipinski definition) is 3. The maximum Gasteiger partial charge on any atom is 0.407 e. The summed E-state index contributed by atoms with van der Waals surface area (Å²) in [5.41, 5.74) is 1.07. The average Bonchev–Trinajstić information content (AvgIpc) is 3.15. The zero-order chi connectivity index (χ0) is 17.1. The van der Waals surface area contributed by atoms with Crippen molar-refractivity contribution in [3.8, 4) is 0 Å². The van der Waals surface area contributed by atoms with Crippen LogP contribution in [0.5, 0.6) is 0 Å². The number of hydrogen-bond donors (Lipinski definition) is 1. The maximum absolute atomic E-state index is 12.7. The molecule has 0 spiro atoms. The molecule has 2 unspecified atom stereocenters. The minimum absolute atomic E-state index is 0.000272. The van der Waals surface area contributed by atoms with Gasteiger partial charge in [-0.3, -0.25) is 4.79 Å². The van der Waals surface area contributed by atoms with Crippen LogP contribution in [0.4, 0.5) is 4.79 Å². The largest absolute Gasteiger partial charge is 0.465 e. The van der Waals surface area contributed by atoms with E-state index in [0.717, 1.165) is 5.56 Å². The highest BCUT2D eigenvalue weighted by Crippen LogP contribution is 2.31. The van der Waals surface area contributed by atoms with Crippen LogP contribution in [0.15, 0.2) is 47.8 Å². The van der Waals surface area contributed by atoms with E-state index >= 15 is 0 Å². The summed E-state index contributed by atoms with van der Waals surface area (Å²) in [5.74, 6) is -0.0235. The first kappa shape index (κ1) is 16.5. The third-order valence-electron chi connectivity index (χ3n) is 4.62. The van der Waals surface area contributed by atoms with Crippen molar-refractivity contribution in [2.45, 2.75) is 18.4 Å². The van der Waals surface area contributed by atoms with Crippen LogP contribution in [0.1, 0.15) is 27.6 Å². The molecule has 3 rings (SSSR count). The summed E-state index contributed by atoms with van der Waals surface area (Å²) in [6, 6.07) is 13.5. The van der Waals surface area contributed by atoms with E-state index in [1.165, 1.54) is 16.2 Å². The Morgan fingerprint density at radius 3 is 2.58 bits per heavy atom. The van der Waals surface area contributed by atoms with Gasteiger partial charge in [-0.15, -0.1) is 11.3 Å².